The molecule has 0 saturated heterocycles. The third-order valence-electron chi connectivity index (χ3n) is 4.55. The fraction of sp³-hybridized carbons (Fsp3) is 0.208. The lowest BCUT2D eigenvalue weighted by molar-refractivity contribution is 0.00711. The SMILES string of the molecule is CC(C)(C)OC(=O)c1ccccc1[P+](C)(c1ccccc1)c1ccccc1. The molecule has 27 heavy (non-hydrogen) atoms. The van der Waals surface area contributed by atoms with Crippen molar-refractivity contribution in [1.29, 1.82) is 0 Å². The van der Waals surface area contributed by atoms with E-state index in [1.165, 1.54) is 10.6 Å². The highest BCUT2D eigenvalue weighted by Crippen LogP contribution is 2.52. The summed E-state index contributed by atoms with van der Waals surface area (Å²) in [4.78, 5) is 13.0. The van der Waals surface area contributed by atoms with Crippen LogP contribution in [0.5, 0.6) is 0 Å². The zero-order chi connectivity index (χ0) is 19.5. The molecule has 0 fully saturated rings. The third-order valence-corrected chi connectivity index (χ3v) is 8.57. The summed E-state index contributed by atoms with van der Waals surface area (Å²) in [5.74, 6) is -0.267. The monoisotopic (exact) mass is 377 g/mol. The molecule has 3 rings (SSSR count). The molecule has 0 unspecified atom stereocenters. The largest absolute Gasteiger partial charge is 0.456 e. The molecule has 0 aliphatic rings. The van der Waals surface area contributed by atoms with E-state index in [-0.39, 0.29) is 5.97 Å². The Kier molecular flexibility index (Phi) is 5.48. The van der Waals surface area contributed by atoms with E-state index in [0.29, 0.717) is 5.56 Å². The predicted octanol–water partition coefficient (Wildman–Crippen LogP) is 4.57. The minimum Gasteiger partial charge on any atom is -0.456 e. The van der Waals surface area contributed by atoms with Gasteiger partial charge in [-0.15, -0.1) is 0 Å². The molecular formula is C24H26O2P+. The van der Waals surface area contributed by atoms with Crippen molar-refractivity contribution in [2.24, 2.45) is 0 Å². The van der Waals surface area contributed by atoms with E-state index in [4.69, 9.17) is 4.74 Å². The number of benzene rings is 3. The zero-order valence-corrected chi connectivity index (χ0v) is 17.2. The highest BCUT2D eigenvalue weighted by Gasteiger charge is 2.43. The molecule has 0 radical (unpaired) electrons. The van der Waals surface area contributed by atoms with E-state index in [1.807, 2.05) is 51.1 Å². The van der Waals surface area contributed by atoms with E-state index in [2.05, 4.69) is 61.3 Å². The summed E-state index contributed by atoms with van der Waals surface area (Å²) in [5.41, 5.74) is 0.120. The molecule has 0 saturated carbocycles. The number of rotatable bonds is 4. The van der Waals surface area contributed by atoms with E-state index >= 15 is 0 Å². The number of hydrogen-bond donors (Lipinski definition) is 0. The Bertz CT molecular complexity index is 872. The van der Waals surface area contributed by atoms with Crippen molar-refractivity contribution in [3.63, 3.8) is 0 Å². The lowest BCUT2D eigenvalue weighted by Gasteiger charge is -2.26. The van der Waals surface area contributed by atoms with Crippen LogP contribution in [0.4, 0.5) is 0 Å². The lowest BCUT2D eigenvalue weighted by atomic mass is 10.1. The van der Waals surface area contributed by atoms with Crippen molar-refractivity contribution < 1.29 is 9.53 Å². The first-order chi connectivity index (χ1) is 12.8. The Morgan fingerprint density at radius 2 is 1.19 bits per heavy atom. The fourth-order valence-corrected chi connectivity index (χ4v) is 6.67. The van der Waals surface area contributed by atoms with Crippen molar-refractivity contribution in [3.8, 4) is 0 Å². The van der Waals surface area contributed by atoms with Gasteiger partial charge in [0.25, 0.3) is 0 Å². The van der Waals surface area contributed by atoms with Crippen LogP contribution in [0.15, 0.2) is 84.9 Å². The van der Waals surface area contributed by atoms with Gasteiger partial charge in [0, 0.05) is 0 Å². The quantitative estimate of drug-likeness (QED) is 0.492. The molecule has 0 heterocycles. The first-order valence-corrected chi connectivity index (χ1v) is 11.4. The maximum Gasteiger partial charge on any atom is 0.342 e. The molecule has 0 aliphatic carbocycles. The molecular weight excluding hydrogens is 351 g/mol. The summed E-state index contributed by atoms with van der Waals surface area (Å²) in [6, 6.07) is 28.8. The van der Waals surface area contributed by atoms with Crippen molar-refractivity contribution in [2.45, 2.75) is 26.4 Å². The van der Waals surface area contributed by atoms with Gasteiger partial charge in [0.15, 0.2) is 0 Å². The molecule has 3 aromatic rings. The van der Waals surface area contributed by atoms with Gasteiger partial charge in [0.2, 0.25) is 0 Å². The van der Waals surface area contributed by atoms with Gasteiger partial charge in [-0.1, -0.05) is 48.5 Å². The average molecular weight is 377 g/mol. The zero-order valence-electron chi connectivity index (χ0n) is 16.3. The normalized spacial score (nSPS) is 11.9. The van der Waals surface area contributed by atoms with Gasteiger partial charge in [-0.3, -0.25) is 0 Å². The first kappa shape index (κ1) is 19.3. The van der Waals surface area contributed by atoms with Crippen LogP contribution >= 0.6 is 7.26 Å². The van der Waals surface area contributed by atoms with Gasteiger partial charge < -0.3 is 4.74 Å². The topological polar surface area (TPSA) is 26.3 Å². The maximum absolute atomic E-state index is 13.0. The van der Waals surface area contributed by atoms with Gasteiger partial charge in [-0.25, -0.2) is 4.79 Å². The second-order valence-corrected chi connectivity index (χ2v) is 11.2. The molecule has 3 aromatic carbocycles. The highest BCUT2D eigenvalue weighted by molar-refractivity contribution is 7.95. The summed E-state index contributed by atoms with van der Waals surface area (Å²) in [6.07, 6.45) is 0. The van der Waals surface area contributed by atoms with Crippen LogP contribution in [-0.2, 0) is 4.74 Å². The minimum atomic E-state index is -1.98. The van der Waals surface area contributed by atoms with Crippen LogP contribution < -0.4 is 15.9 Å². The van der Waals surface area contributed by atoms with Crippen LogP contribution in [0, 0.1) is 0 Å². The maximum atomic E-state index is 13.0. The smallest absolute Gasteiger partial charge is 0.342 e. The number of carbonyl (C=O) groups excluding carboxylic acids is 1. The van der Waals surface area contributed by atoms with E-state index in [9.17, 15) is 4.79 Å². The molecule has 3 heteroatoms. The minimum absolute atomic E-state index is 0.267. The number of hydrogen-bond acceptors (Lipinski definition) is 2. The third kappa shape index (κ3) is 4.12. The fourth-order valence-electron chi connectivity index (χ4n) is 3.25. The van der Waals surface area contributed by atoms with Crippen molar-refractivity contribution in [1.82, 2.24) is 0 Å². The van der Waals surface area contributed by atoms with Gasteiger partial charge in [0.1, 0.15) is 34.3 Å². The van der Waals surface area contributed by atoms with Crippen LogP contribution in [0.25, 0.3) is 0 Å². The number of esters is 1. The molecule has 0 bridgehead atoms. The molecule has 138 valence electrons. The molecule has 0 N–H and O–H groups in total. The molecule has 0 aliphatic heterocycles. The van der Waals surface area contributed by atoms with Crippen molar-refractivity contribution in [2.75, 3.05) is 6.66 Å². The Morgan fingerprint density at radius 1 is 0.741 bits per heavy atom. The Hall–Kier alpha value is -2.44. The van der Waals surface area contributed by atoms with Gasteiger partial charge in [-0.05, 0) is 57.2 Å². The summed E-state index contributed by atoms with van der Waals surface area (Å²) < 4.78 is 5.71. The predicted molar refractivity (Wildman–Crippen MR) is 116 cm³/mol. The van der Waals surface area contributed by atoms with Gasteiger partial charge in [0.05, 0.1) is 6.66 Å². The van der Waals surface area contributed by atoms with Crippen LogP contribution in [0.2, 0.25) is 0 Å². The summed E-state index contributed by atoms with van der Waals surface area (Å²) in [6.45, 7) is 7.98. The van der Waals surface area contributed by atoms with E-state index < -0.39 is 12.9 Å². The van der Waals surface area contributed by atoms with Crippen LogP contribution in [0.1, 0.15) is 31.1 Å². The van der Waals surface area contributed by atoms with Gasteiger partial charge in [-0.2, -0.15) is 0 Å². The van der Waals surface area contributed by atoms with Crippen LogP contribution in [0.3, 0.4) is 0 Å². The first-order valence-electron chi connectivity index (χ1n) is 9.13. The summed E-state index contributed by atoms with van der Waals surface area (Å²) in [5, 5.41) is 3.54. The van der Waals surface area contributed by atoms with E-state index in [1.54, 1.807) is 0 Å². The average Bonchev–Trinajstić information content (AvgIpc) is 2.67. The molecule has 0 spiro atoms. The standard InChI is InChI=1S/C24H26O2P/c1-24(2,3)26-23(25)21-17-11-12-18-22(21)27(4,19-13-7-5-8-14-19)20-15-9-6-10-16-20/h5-18H,1-4H3/q+1. The second kappa shape index (κ2) is 7.66. The Balaban J connectivity index is 2.22. The second-order valence-electron chi connectivity index (χ2n) is 7.70. The van der Waals surface area contributed by atoms with Crippen LogP contribution in [-0.4, -0.2) is 18.2 Å². The molecule has 2 nitrogen and oxygen atoms in total. The van der Waals surface area contributed by atoms with Crippen molar-refractivity contribution in [3.05, 3.63) is 90.5 Å². The lowest BCUT2D eigenvalue weighted by Crippen LogP contribution is -2.35. The van der Waals surface area contributed by atoms with Gasteiger partial charge >= 0.3 is 5.97 Å². The summed E-state index contributed by atoms with van der Waals surface area (Å²) in [7, 11) is -1.98. The Labute approximate surface area is 162 Å². The molecule has 0 aromatic heterocycles. The molecule has 0 amide bonds. The van der Waals surface area contributed by atoms with E-state index in [0.717, 1.165) is 5.30 Å². The summed E-state index contributed by atoms with van der Waals surface area (Å²) >= 11 is 0. The van der Waals surface area contributed by atoms with Crippen molar-refractivity contribution >= 4 is 29.1 Å². The molecule has 0 atom stereocenters. The Morgan fingerprint density at radius 3 is 1.67 bits per heavy atom. The number of carbonyl (C=O) groups is 1. The highest BCUT2D eigenvalue weighted by atomic mass is 31.2. The number of ether oxygens (including phenoxy) is 1.